The minimum absolute atomic E-state index is 0.288. The van der Waals surface area contributed by atoms with Crippen LogP contribution in [0.25, 0.3) is 0 Å². The van der Waals surface area contributed by atoms with Crippen LogP contribution in [0.15, 0.2) is 48.5 Å². The van der Waals surface area contributed by atoms with Crippen LogP contribution in [0, 0.1) is 12.3 Å². The maximum atomic E-state index is 5.55. The van der Waals surface area contributed by atoms with Crippen molar-refractivity contribution in [2.24, 2.45) is 0 Å². The van der Waals surface area contributed by atoms with E-state index in [1.807, 2.05) is 24.3 Å². The lowest BCUT2D eigenvalue weighted by atomic mass is 10.1. The zero-order valence-corrected chi connectivity index (χ0v) is 12.8. The highest BCUT2D eigenvalue weighted by Crippen LogP contribution is 2.17. The highest BCUT2D eigenvalue weighted by atomic mass is 16.5. The summed E-state index contributed by atoms with van der Waals surface area (Å²) in [6.07, 6.45) is 5.24. The van der Waals surface area contributed by atoms with Gasteiger partial charge in [0.2, 0.25) is 0 Å². The summed E-state index contributed by atoms with van der Waals surface area (Å²) in [7, 11) is 1.71. The molecule has 2 aromatic rings. The van der Waals surface area contributed by atoms with Gasteiger partial charge >= 0.3 is 0 Å². The molecule has 0 aliphatic carbocycles. The minimum atomic E-state index is 0.288. The molecule has 0 aliphatic heterocycles. The van der Waals surface area contributed by atoms with E-state index in [-0.39, 0.29) is 6.61 Å². The third-order valence-corrected chi connectivity index (χ3v) is 3.23. The van der Waals surface area contributed by atoms with Gasteiger partial charge in [-0.25, -0.2) is 0 Å². The Hall–Kier alpha value is -2.28. The van der Waals surface area contributed by atoms with Crippen LogP contribution < -0.4 is 10.1 Å². The molecule has 0 aliphatic rings. The first-order chi connectivity index (χ1) is 10.8. The van der Waals surface area contributed by atoms with E-state index in [0.717, 1.165) is 24.4 Å². The predicted molar refractivity (Wildman–Crippen MR) is 88.5 cm³/mol. The molecule has 114 valence electrons. The number of para-hydroxylation sites is 1. The van der Waals surface area contributed by atoms with Crippen molar-refractivity contribution in [3.05, 3.63) is 65.2 Å². The van der Waals surface area contributed by atoms with Gasteiger partial charge in [-0.2, -0.15) is 0 Å². The molecule has 2 aromatic carbocycles. The van der Waals surface area contributed by atoms with E-state index in [2.05, 4.69) is 35.5 Å². The Morgan fingerprint density at radius 3 is 2.68 bits per heavy atom. The van der Waals surface area contributed by atoms with Crippen LogP contribution in [0.1, 0.15) is 16.7 Å². The monoisotopic (exact) mass is 295 g/mol. The van der Waals surface area contributed by atoms with Crippen LogP contribution in [-0.2, 0) is 24.4 Å². The van der Waals surface area contributed by atoms with E-state index >= 15 is 0 Å². The fourth-order valence-electron chi connectivity index (χ4n) is 2.25. The Kier molecular flexibility index (Phi) is 6.50. The molecule has 0 bridgehead atoms. The Morgan fingerprint density at radius 2 is 1.86 bits per heavy atom. The second kappa shape index (κ2) is 8.89. The lowest BCUT2D eigenvalue weighted by molar-refractivity contribution is 0.185. The van der Waals surface area contributed by atoms with Crippen LogP contribution >= 0.6 is 0 Å². The molecule has 0 radical (unpaired) electrons. The van der Waals surface area contributed by atoms with Crippen molar-refractivity contribution in [1.29, 1.82) is 0 Å². The molecule has 0 atom stereocenters. The van der Waals surface area contributed by atoms with Crippen molar-refractivity contribution < 1.29 is 9.47 Å². The van der Waals surface area contributed by atoms with Crippen molar-refractivity contribution in [3.63, 3.8) is 0 Å². The van der Waals surface area contributed by atoms with Gasteiger partial charge in [-0.05, 0) is 17.2 Å². The molecule has 0 spiro atoms. The number of methoxy groups -OCH3 is 1. The molecule has 0 saturated carbocycles. The van der Waals surface area contributed by atoms with Gasteiger partial charge in [-0.3, -0.25) is 0 Å². The lowest BCUT2D eigenvalue weighted by Crippen LogP contribution is -2.14. The predicted octanol–water partition coefficient (Wildman–Crippen LogP) is 3.13. The van der Waals surface area contributed by atoms with Crippen LogP contribution in [0.5, 0.6) is 5.75 Å². The third kappa shape index (κ3) is 4.92. The first-order valence-corrected chi connectivity index (χ1v) is 7.25. The van der Waals surface area contributed by atoms with Gasteiger partial charge in [0.1, 0.15) is 12.4 Å². The van der Waals surface area contributed by atoms with Crippen molar-refractivity contribution in [2.45, 2.75) is 19.7 Å². The summed E-state index contributed by atoms with van der Waals surface area (Å²) in [4.78, 5) is 0. The van der Waals surface area contributed by atoms with Crippen LogP contribution in [0.3, 0.4) is 0 Å². The van der Waals surface area contributed by atoms with E-state index < -0.39 is 0 Å². The van der Waals surface area contributed by atoms with E-state index in [9.17, 15) is 0 Å². The summed E-state index contributed by atoms with van der Waals surface area (Å²) in [6.45, 7) is 2.45. The summed E-state index contributed by atoms with van der Waals surface area (Å²) < 4.78 is 10.7. The van der Waals surface area contributed by atoms with Gasteiger partial charge in [0.15, 0.2) is 0 Å². The molecule has 0 fully saturated rings. The number of ether oxygens (including phenoxy) is 2. The van der Waals surface area contributed by atoms with Gasteiger partial charge < -0.3 is 14.8 Å². The fourth-order valence-corrected chi connectivity index (χ4v) is 2.25. The first-order valence-electron chi connectivity index (χ1n) is 7.25. The van der Waals surface area contributed by atoms with Gasteiger partial charge in [-0.1, -0.05) is 48.4 Å². The van der Waals surface area contributed by atoms with Crippen molar-refractivity contribution in [3.8, 4) is 18.1 Å². The Bertz CT molecular complexity index is 631. The molecule has 22 heavy (non-hydrogen) atoms. The molecular formula is C19H21NO2. The van der Waals surface area contributed by atoms with E-state index in [0.29, 0.717) is 6.61 Å². The topological polar surface area (TPSA) is 30.5 Å². The van der Waals surface area contributed by atoms with E-state index in [1.54, 1.807) is 7.11 Å². The number of terminal acetylenes is 1. The van der Waals surface area contributed by atoms with Crippen LogP contribution in [-0.4, -0.2) is 13.7 Å². The summed E-state index contributed by atoms with van der Waals surface area (Å²) in [6, 6.07) is 16.3. The standard InChI is InChI=1S/C19H21NO2/c1-3-11-22-19-10-5-4-9-18(19)14-20-13-16-7-6-8-17(12-16)15-21-2/h1,4-10,12,20H,11,13-15H2,2H3. The summed E-state index contributed by atoms with van der Waals surface area (Å²) in [5.41, 5.74) is 3.52. The number of hydrogen-bond acceptors (Lipinski definition) is 3. The molecule has 0 aromatic heterocycles. The molecule has 3 heteroatoms. The number of rotatable bonds is 8. The average Bonchev–Trinajstić information content (AvgIpc) is 2.55. The highest BCUT2D eigenvalue weighted by molar-refractivity contribution is 5.33. The van der Waals surface area contributed by atoms with Crippen LogP contribution in [0.4, 0.5) is 0 Å². The Balaban J connectivity index is 1.91. The summed E-state index contributed by atoms with van der Waals surface area (Å²) in [5.74, 6) is 3.32. The zero-order chi connectivity index (χ0) is 15.6. The Morgan fingerprint density at radius 1 is 1.05 bits per heavy atom. The smallest absolute Gasteiger partial charge is 0.148 e. The van der Waals surface area contributed by atoms with Gasteiger partial charge in [0.05, 0.1) is 6.61 Å². The SMILES string of the molecule is C#CCOc1ccccc1CNCc1cccc(COC)c1. The molecule has 3 nitrogen and oxygen atoms in total. The third-order valence-electron chi connectivity index (χ3n) is 3.23. The van der Waals surface area contributed by atoms with Crippen molar-refractivity contribution in [2.75, 3.05) is 13.7 Å². The highest BCUT2D eigenvalue weighted by Gasteiger charge is 2.02. The number of benzene rings is 2. The molecule has 0 heterocycles. The van der Waals surface area contributed by atoms with Crippen molar-refractivity contribution >= 4 is 0 Å². The van der Waals surface area contributed by atoms with Crippen molar-refractivity contribution in [1.82, 2.24) is 5.32 Å². The first kappa shape index (κ1) is 16.1. The normalized spacial score (nSPS) is 10.2. The maximum absolute atomic E-state index is 5.55. The Labute approximate surface area is 132 Å². The van der Waals surface area contributed by atoms with E-state index in [4.69, 9.17) is 15.9 Å². The summed E-state index contributed by atoms with van der Waals surface area (Å²) >= 11 is 0. The van der Waals surface area contributed by atoms with Gasteiger partial charge in [0.25, 0.3) is 0 Å². The zero-order valence-electron chi connectivity index (χ0n) is 12.8. The largest absolute Gasteiger partial charge is 0.481 e. The number of hydrogen-bond donors (Lipinski definition) is 1. The summed E-state index contributed by atoms with van der Waals surface area (Å²) in [5, 5.41) is 3.43. The lowest BCUT2D eigenvalue weighted by Gasteiger charge is -2.11. The fraction of sp³-hybridized carbons (Fsp3) is 0.263. The molecule has 0 amide bonds. The number of nitrogens with one attached hydrogen (secondary N) is 1. The second-order valence-corrected chi connectivity index (χ2v) is 4.96. The molecule has 2 rings (SSSR count). The quantitative estimate of drug-likeness (QED) is 0.759. The minimum Gasteiger partial charge on any atom is -0.481 e. The molecule has 0 unspecified atom stereocenters. The molecule has 1 N–H and O–H groups in total. The maximum Gasteiger partial charge on any atom is 0.148 e. The van der Waals surface area contributed by atoms with Gasteiger partial charge in [0, 0.05) is 25.8 Å². The van der Waals surface area contributed by atoms with Gasteiger partial charge in [-0.15, -0.1) is 6.42 Å². The average molecular weight is 295 g/mol. The van der Waals surface area contributed by atoms with E-state index in [1.165, 1.54) is 11.1 Å². The molecular weight excluding hydrogens is 274 g/mol. The van der Waals surface area contributed by atoms with Crippen LogP contribution in [0.2, 0.25) is 0 Å². The molecule has 0 saturated heterocycles. The second-order valence-electron chi connectivity index (χ2n) is 4.96.